The third kappa shape index (κ3) is 16.7. The normalized spacial score (nSPS) is 12.0. The zero-order valence-electron chi connectivity index (χ0n) is 17.0. The molecule has 1 atom stereocenters. The fraction of sp³-hybridized carbons (Fsp3) is 0.895. The lowest BCUT2D eigenvalue weighted by atomic mass is 10.00. The summed E-state index contributed by atoms with van der Waals surface area (Å²) in [5, 5.41) is 0. The van der Waals surface area contributed by atoms with Crippen LogP contribution in [0.5, 0.6) is 0 Å². The van der Waals surface area contributed by atoms with Gasteiger partial charge >= 0.3 is 11.9 Å². The summed E-state index contributed by atoms with van der Waals surface area (Å²) in [7, 11) is 1.31. The van der Waals surface area contributed by atoms with Crippen LogP contribution in [0, 0.1) is 5.92 Å². The Labute approximate surface area is 162 Å². The van der Waals surface area contributed by atoms with Gasteiger partial charge in [-0.1, -0.05) is 26.7 Å². The van der Waals surface area contributed by atoms with Crippen molar-refractivity contribution >= 4 is 11.9 Å². The van der Waals surface area contributed by atoms with E-state index in [-0.39, 0.29) is 25.1 Å². The molecule has 0 saturated carbocycles. The lowest BCUT2D eigenvalue weighted by Crippen LogP contribution is -2.20. The third-order valence-corrected chi connectivity index (χ3v) is 3.77. The molecule has 0 rings (SSSR count). The van der Waals surface area contributed by atoms with Crippen LogP contribution in [0.25, 0.3) is 0 Å². The first-order valence-electron chi connectivity index (χ1n) is 9.70. The predicted octanol–water partition coefficient (Wildman–Crippen LogP) is 1.99. The molecule has 160 valence electrons. The van der Waals surface area contributed by atoms with Gasteiger partial charge in [0.1, 0.15) is 13.2 Å². The molecule has 0 aliphatic heterocycles. The minimum atomic E-state index is -0.408. The van der Waals surface area contributed by atoms with E-state index in [2.05, 4.69) is 11.7 Å². The first-order chi connectivity index (χ1) is 13.2. The molecule has 0 fully saturated rings. The number of unbranched alkanes of at least 4 members (excludes halogenated alkanes) is 1. The van der Waals surface area contributed by atoms with Crippen molar-refractivity contribution < 1.29 is 38.0 Å². The predicted molar refractivity (Wildman–Crippen MR) is 99.6 cm³/mol. The zero-order chi connectivity index (χ0) is 20.2. The Hall–Kier alpha value is -1.22. The fourth-order valence-electron chi connectivity index (χ4n) is 2.13. The van der Waals surface area contributed by atoms with Gasteiger partial charge in [-0.15, -0.1) is 0 Å². The molecule has 0 aliphatic rings. The molecular formula is C19H36O8. The second kappa shape index (κ2) is 19.5. The minimum Gasteiger partial charge on any atom is -0.467 e. The number of esters is 2. The van der Waals surface area contributed by atoms with Crippen molar-refractivity contribution in [2.75, 3.05) is 66.6 Å². The summed E-state index contributed by atoms with van der Waals surface area (Å²) >= 11 is 0. The summed E-state index contributed by atoms with van der Waals surface area (Å²) in [6.07, 6.45) is 3.83. The highest BCUT2D eigenvalue weighted by Gasteiger charge is 2.16. The Morgan fingerprint density at radius 2 is 1.30 bits per heavy atom. The van der Waals surface area contributed by atoms with E-state index < -0.39 is 5.97 Å². The van der Waals surface area contributed by atoms with E-state index in [0.717, 1.165) is 25.7 Å². The monoisotopic (exact) mass is 392 g/mol. The second-order valence-corrected chi connectivity index (χ2v) is 5.88. The van der Waals surface area contributed by atoms with E-state index in [1.54, 1.807) is 0 Å². The van der Waals surface area contributed by atoms with Crippen LogP contribution in [0.3, 0.4) is 0 Å². The van der Waals surface area contributed by atoms with E-state index >= 15 is 0 Å². The van der Waals surface area contributed by atoms with Crippen LogP contribution in [0.4, 0.5) is 0 Å². The molecule has 8 nitrogen and oxygen atoms in total. The van der Waals surface area contributed by atoms with E-state index in [0.29, 0.717) is 46.2 Å². The van der Waals surface area contributed by atoms with Crippen LogP contribution in [0.2, 0.25) is 0 Å². The second-order valence-electron chi connectivity index (χ2n) is 5.88. The molecule has 0 aromatic carbocycles. The van der Waals surface area contributed by atoms with E-state index in [1.165, 1.54) is 7.11 Å². The van der Waals surface area contributed by atoms with Crippen molar-refractivity contribution in [3.05, 3.63) is 0 Å². The summed E-state index contributed by atoms with van der Waals surface area (Å²) < 4.78 is 30.7. The van der Waals surface area contributed by atoms with Crippen molar-refractivity contribution in [1.82, 2.24) is 0 Å². The molecule has 1 unspecified atom stereocenters. The van der Waals surface area contributed by atoms with Gasteiger partial charge < -0.3 is 28.4 Å². The lowest BCUT2D eigenvalue weighted by molar-refractivity contribution is -0.150. The van der Waals surface area contributed by atoms with Crippen molar-refractivity contribution in [3.63, 3.8) is 0 Å². The van der Waals surface area contributed by atoms with Gasteiger partial charge in [0.05, 0.1) is 59.3 Å². The summed E-state index contributed by atoms with van der Waals surface area (Å²) in [4.78, 5) is 22.7. The Morgan fingerprint density at radius 1 is 0.778 bits per heavy atom. The Balaban J connectivity index is 3.31. The molecule has 0 aromatic rings. The number of hydrogen-bond acceptors (Lipinski definition) is 8. The highest BCUT2D eigenvalue weighted by molar-refractivity contribution is 5.72. The standard InChI is InChI=1S/C19H36O8/c1-4-6-7-17(5-2)19(21)27-15-14-25-11-10-23-8-9-24-12-13-26-16-18(20)22-3/h17H,4-16H2,1-3H3. The maximum Gasteiger partial charge on any atom is 0.331 e. The van der Waals surface area contributed by atoms with Gasteiger partial charge in [-0.2, -0.15) is 0 Å². The number of carbonyl (C=O) groups excluding carboxylic acids is 2. The first kappa shape index (κ1) is 25.8. The molecule has 0 amide bonds. The molecule has 27 heavy (non-hydrogen) atoms. The van der Waals surface area contributed by atoms with Gasteiger partial charge in [0.2, 0.25) is 0 Å². The van der Waals surface area contributed by atoms with Gasteiger partial charge in [0.25, 0.3) is 0 Å². The molecule has 8 heteroatoms. The average Bonchev–Trinajstić information content (AvgIpc) is 2.68. The van der Waals surface area contributed by atoms with Crippen molar-refractivity contribution in [2.45, 2.75) is 39.5 Å². The summed E-state index contributed by atoms with van der Waals surface area (Å²) in [6, 6.07) is 0. The van der Waals surface area contributed by atoms with Crippen LogP contribution >= 0.6 is 0 Å². The number of hydrogen-bond donors (Lipinski definition) is 0. The highest BCUT2D eigenvalue weighted by atomic mass is 16.6. The van der Waals surface area contributed by atoms with Crippen molar-refractivity contribution in [3.8, 4) is 0 Å². The van der Waals surface area contributed by atoms with Gasteiger partial charge in [-0.3, -0.25) is 4.79 Å². The van der Waals surface area contributed by atoms with Crippen LogP contribution in [-0.4, -0.2) is 78.5 Å². The van der Waals surface area contributed by atoms with Crippen LogP contribution < -0.4 is 0 Å². The van der Waals surface area contributed by atoms with E-state index in [9.17, 15) is 9.59 Å². The number of ether oxygens (including phenoxy) is 6. The first-order valence-corrected chi connectivity index (χ1v) is 9.70. The molecule has 0 aromatic heterocycles. The Bertz CT molecular complexity index is 362. The minimum absolute atomic E-state index is 0.000787. The summed E-state index contributed by atoms with van der Waals surface area (Å²) in [5.74, 6) is -0.535. The molecular weight excluding hydrogens is 356 g/mol. The number of methoxy groups -OCH3 is 1. The molecule has 0 saturated heterocycles. The van der Waals surface area contributed by atoms with Crippen LogP contribution in [0.15, 0.2) is 0 Å². The van der Waals surface area contributed by atoms with Crippen molar-refractivity contribution in [1.29, 1.82) is 0 Å². The largest absolute Gasteiger partial charge is 0.467 e. The van der Waals surface area contributed by atoms with Gasteiger partial charge in [-0.25, -0.2) is 4.79 Å². The summed E-state index contributed by atoms with van der Waals surface area (Å²) in [5.41, 5.74) is 0. The molecule has 0 spiro atoms. The number of rotatable bonds is 19. The lowest BCUT2D eigenvalue weighted by Gasteiger charge is -2.13. The average molecular weight is 392 g/mol. The maximum absolute atomic E-state index is 11.9. The van der Waals surface area contributed by atoms with Gasteiger partial charge in [-0.05, 0) is 12.8 Å². The molecule has 0 radical (unpaired) electrons. The summed E-state index contributed by atoms with van der Waals surface area (Å²) in [6.45, 7) is 7.19. The van der Waals surface area contributed by atoms with E-state index in [1.807, 2.05) is 6.92 Å². The zero-order valence-corrected chi connectivity index (χ0v) is 17.0. The maximum atomic E-state index is 11.9. The van der Waals surface area contributed by atoms with E-state index in [4.69, 9.17) is 23.7 Å². The Kier molecular flexibility index (Phi) is 18.7. The number of carbonyl (C=O) groups is 2. The van der Waals surface area contributed by atoms with Crippen molar-refractivity contribution in [2.24, 2.45) is 5.92 Å². The van der Waals surface area contributed by atoms with Gasteiger partial charge in [0.15, 0.2) is 0 Å². The molecule has 0 bridgehead atoms. The molecule has 0 aliphatic carbocycles. The SMILES string of the molecule is CCCCC(CC)C(=O)OCCOCCOCCOCCOCC(=O)OC. The topological polar surface area (TPSA) is 89.5 Å². The Morgan fingerprint density at radius 3 is 1.78 bits per heavy atom. The van der Waals surface area contributed by atoms with Crippen LogP contribution in [-0.2, 0) is 38.0 Å². The third-order valence-electron chi connectivity index (χ3n) is 3.77. The highest BCUT2D eigenvalue weighted by Crippen LogP contribution is 2.14. The van der Waals surface area contributed by atoms with Crippen LogP contribution in [0.1, 0.15) is 39.5 Å². The molecule has 0 N–H and O–H groups in total. The molecule has 0 heterocycles. The quantitative estimate of drug-likeness (QED) is 0.244. The fourth-order valence-corrected chi connectivity index (χ4v) is 2.13. The van der Waals surface area contributed by atoms with Gasteiger partial charge in [0, 0.05) is 0 Å². The smallest absolute Gasteiger partial charge is 0.331 e.